The molecule has 3 aromatic heterocycles. The van der Waals surface area contributed by atoms with Crippen LogP contribution in [0.25, 0.3) is 129 Å². The lowest BCUT2D eigenvalue weighted by atomic mass is 9.33. The summed E-state index contributed by atoms with van der Waals surface area (Å²) in [5, 5.41) is 2.11. The van der Waals surface area contributed by atoms with Gasteiger partial charge in [-0.05, 0) is 158 Å². The highest BCUT2D eigenvalue weighted by atomic mass is 15.2. The standard InChI is InChI=1S/C99H76BN9/c1-63-38-54-85(81(56-63)97-105-94(70-34-22-12-23-35-70)102-95(106-97)71-36-24-13-25-37-71)109-84-55-44-72(57-80(84)79-51-43-73(58-86(79)109)96-103-92(68-30-18-10-19-31-68)101-93(104-96)69-32-20-11-21-33-69)74-59-89-91-90(60-74)108(78-49-41-67(42-50-78)65-28-16-9-17-29-65)88-62-76(99(5,6)7)46-53-83(88)100(91)82-52-45-75(98(2,3)4)61-87(82)107(89)77-47-39-66(40-48-77)64-26-14-8-15-27-64/h8-62H,1-7H3. The summed E-state index contributed by atoms with van der Waals surface area (Å²) < 4.78 is 2.40. The Morgan fingerprint density at radius 1 is 0.257 bits per heavy atom. The highest BCUT2D eigenvalue weighted by Crippen LogP contribution is 2.50. The molecule has 0 saturated carbocycles. The number of anilines is 6. The van der Waals surface area contributed by atoms with Crippen LogP contribution in [0.5, 0.6) is 0 Å². The van der Waals surface area contributed by atoms with Crippen LogP contribution in [0.3, 0.4) is 0 Å². The minimum atomic E-state index is -0.141. The van der Waals surface area contributed by atoms with Gasteiger partial charge in [0.15, 0.2) is 34.9 Å². The van der Waals surface area contributed by atoms with Crippen molar-refractivity contribution in [2.24, 2.45) is 0 Å². The van der Waals surface area contributed by atoms with Crippen LogP contribution in [-0.2, 0) is 10.8 Å². The van der Waals surface area contributed by atoms with Gasteiger partial charge in [0.2, 0.25) is 0 Å². The molecule has 2 aliphatic rings. The lowest BCUT2D eigenvalue weighted by Gasteiger charge is -2.45. The number of hydrogen-bond donors (Lipinski definition) is 0. The summed E-state index contributed by atoms with van der Waals surface area (Å²) in [4.78, 5) is 36.9. The fourth-order valence-electron chi connectivity index (χ4n) is 16.0. The quantitative estimate of drug-likeness (QED) is 0.112. The summed E-state index contributed by atoms with van der Waals surface area (Å²) in [6, 6.07) is 121. The van der Waals surface area contributed by atoms with Crippen LogP contribution in [0, 0.1) is 6.92 Å². The van der Waals surface area contributed by atoms with E-state index in [4.69, 9.17) is 29.9 Å². The highest BCUT2D eigenvalue weighted by molar-refractivity contribution is 7.00. The molecule has 109 heavy (non-hydrogen) atoms. The molecule has 0 saturated heterocycles. The summed E-state index contributed by atoms with van der Waals surface area (Å²) in [5.74, 6) is 3.46. The van der Waals surface area contributed by atoms with Gasteiger partial charge in [-0.3, -0.25) is 0 Å². The van der Waals surface area contributed by atoms with Gasteiger partial charge < -0.3 is 14.4 Å². The van der Waals surface area contributed by atoms with Crippen LogP contribution in [0.2, 0.25) is 0 Å². The van der Waals surface area contributed by atoms with E-state index in [-0.39, 0.29) is 17.5 Å². The van der Waals surface area contributed by atoms with Crippen molar-refractivity contribution in [3.63, 3.8) is 0 Å². The molecule has 0 aliphatic carbocycles. The SMILES string of the molecule is Cc1ccc(-n2c3ccc(-c4cc5c6c(c4)N(c4ccc(-c7ccccc7)cc4)c4cc(C(C)(C)C)ccc4B6c4ccc(C(C)(C)C)cc4N5c4ccc(-c5ccccc5)cc4)cc3c3ccc(-c4nc(-c5ccccc5)nc(-c5ccccc5)n4)cc32)c(-c2nc(-c3ccccc3)nc(-c3ccccc3)n2)c1. The smallest absolute Gasteiger partial charge is 0.252 e. The molecular weight excluding hydrogens is 1330 g/mol. The van der Waals surface area contributed by atoms with Crippen LogP contribution in [0.15, 0.2) is 334 Å². The van der Waals surface area contributed by atoms with E-state index < -0.39 is 0 Å². The number of fused-ring (bicyclic) bond motifs is 7. The summed E-state index contributed by atoms with van der Waals surface area (Å²) in [6.45, 7) is 16.0. The molecule has 5 heterocycles. The minimum Gasteiger partial charge on any atom is -0.311 e. The average molecular weight is 1400 g/mol. The largest absolute Gasteiger partial charge is 0.311 e. The summed E-state index contributed by atoms with van der Waals surface area (Å²) >= 11 is 0. The third-order valence-electron chi connectivity index (χ3n) is 21.7. The molecule has 2 aliphatic heterocycles. The third-order valence-corrected chi connectivity index (χ3v) is 21.7. The fraction of sp³-hybridized carbons (Fsp3) is 0.0909. The van der Waals surface area contributed by atoms with E-state index in [0.717, 1.165) is 111 Å². The monoisotopic (exact) mass is 1400 g/mol. The van der Waals surface area contributed by atoms with Crippen molar-refractivity contribution in [3.8, 4) is 107 Å². The normalized spacial score (nSPS) is 12.5. The summed E-state index contributed by atoms with van der Waals surface area (Å²) in [5.41, 5.74) is 28.8. The molecule has 0 spiro atoms. The van der Waals surface area contributed by atoms with E-state index in [0.29, 0.717) is 34.9 Å². The molecule has 0 amide bonds. The second-order valence-electron chi connectivity index (χ2n) is 30.8. The average Bonchev–Trinajstić information content (AvgIpc) is 1.08. The number of aryl methyl sites for hydroxylation is 1. The molecule has 0 radical (unpaired) electrons. The maximum Gasteiger partial charge on any atom is 0.252 e. The number of aromatic nitrogens is 7. The third kappa shape index (κ3) is 12.0. The van der Waals surface area contributed by atoms with Gasteiger partial charge in [-0.2, -0.15) is 0 Å². The molecule has 14 aromatic carbocycles. The van der Waals surface area contributed by atoms with E-state index in [1.165, 1.54) is 50.0 Å². The Hall–Kier alpha value is -13.4. The van der Waals surface area contributed by atoms with Crippen molar-refractivity contribution >= 4 is 79.0 Å². The topological polar surface area (TPSA) is 88.8 Å². The van der Waals surface area contributed by atoms with Gasteiger partial charge in [-0.1, -0.05) is 302 Å². The summed E-state index contributed by atoms with van der Waals surface area (Å²) in [6.07, 6.45) is 0. The first kappa shape index (κ1) is 66.3. The van der Waals surface area contributed by atoms with Crippen molar-refractivity contribution in [2.45, 2.75) is 59.3 Å². The molecule has 0 atom stereocenters. The first-order valence-electron chi connectivity index (χ1n) is 37.5. The Morgan fingerprint density at radius 2 is 0.633 bits per heavy atom. The van der Waals surface area contributed by atoms with Crippen molar-refractivity contribution in [1.82, 2.24) is 34.5 Å². The van der Waals surface area contributed by atoms with Crippen LogP contribution in [0.1, 0.15) is 58.2 Å². The van der Waals surface area contributed by atoms with Gasteiger partial charge in [0.05, 0.1) is 16.7 Å². The Kier molecular flexibility index (Phi) is 16.1. The zero-order chi connectivity index (χ0) is 73.7. The lowest BCUT2D eigenvalue weighted by Crippen LogP contribution is -2.61. The molecule has 0 unspecified atom stereocenters. The molecule has 9 nitrogen and oxygen atoms in total. The van der Waals surface area contributed by atoms with Gasteiger partial charge >= 0.3 is 0 Å². The molecule has 17 aromatic rings. The van der Waals surface area contributed by atoms with Crippen LogP contribution < -0.4 is 26.2 Å². The van der Waals surface area contributed by atoms with Crippen LogP contribution >= 0.6 is 0 Å². The van der Waals surface area contributed by atoms with Crippen LogP contribution in [0.4, 0.5) is 34.1 Å². The first-order valence-corrected chi connectivity index (χ1v) is 37.5. The van der Waals surface area contributed by atoms with Gasteiger partial charge in [-0.25, -0.2) is 29.9 Å². The second-order valence-corrected chi connectivity index (χ2v) is 30.8. The van der Waals surface area contributed by atoms with Gasteiger partial charge in [0.1, 0.15) is 0 Å². The first-order chi connectivity index (χ1) is 53.2. The number of benzene rings is 14. The molecule has 0 bridgehead atoms. The molecule has 0 fully saturated rings. The Labute approximate surface area is 636 Å². The molecular formula is C99H76BN9. The molecule has 10 heteroatoms. The van der Waals surface area contributed by atoms with Crippen molar-refractivity contribution in [2.75, 3.05) is 9.80 Å². The highest BCUT2D eigenvalue weighted by Gasteiger charge is 2.45. The van der Waals surface area contributed by atoms with Gasteiger partial charge in [0, 0.05) is 78.3 Å². The Bertz CT molecular complexity index is 6070. The molecule has 19 rings (SSSR count). The number of hydrogen-bond acceptors (Lipinski definition) is 8. The van der Waals surface area contributed by atoms with Crippen LogP contribution in [-0.4, -0.2) is 41.2 Å². The Balaban J connectivity index is 0.881. The predicted octanol–water partition coefficient (Wildman–Crippen LogP) is 23.1. The zero-order valence-electron chi connectivity index (χ0n) is 61.9. The van der Waals surface area contributed by atoms with E-state index in [1.54, 1.807) is 0 Å². The minimum absolute atomic E-state index is 0.112. The van der Waals surface area contributed by atoms with E-state index in [2.05, 4.69) is 324 Å². The number of nitrogens with zero attached hydrogens (tertiary/aromatic N) is 9. The predicted molar refractivity (Wildman–Crippen MR) is 453 cm³/mol. The maximum atomic E-state index is 5.41. The molecule has 0 N–H and O–H groups in total. The summed E-state index contributed by atoms with van der Waals surface area (Å²) in [7, 11) is 0. The van der Waals surface area contributed by atoms with Gasteiger partial charge in [-0.15, -0.1) is 0 Å². The second kappa shape index (κ2) is 26.6. The van der Waals surface area contributed by atoms with E-state index in [9.17, 15) is 0 Å². The van der Waals surface area contributed by atoms with Gasteiger partial charge in [0.25, 0.3) is 6.71 Å². The Morgan fingerprint density at radius 3 is 1.06 bits per heavy atom. The van der Waals surface area contributed by atoms with Crippen molar-refractivity contribution in [3.05, 3.63) is 350 Å². The zero-order valence-corrected chi connectivity index (χ0v) is 61.9. The number of rotatable bonds is 12. The van der Waals surface area contributed by atoms with Crippen molar-refractivity contribution < 1.29 is 0 Å². The fourth-order valence-corrected chi connectivity index (χ4v) is 16.0. The van der Waals surface area contributed by atoms with E-state index >= 15 is 0 Å². The van der Waals surface area contributed by atoms with E-state index in [1.807, 2.05) is 72.8 Å². The van der Waals surface area contributed by atoms with Crippen molar-refractivity contribution in [1.29, 1.82) is 0 Å². The maximum absolute atomic E-state index is 5.41. The lowest BCUT2D eigenvalue weighted by molar-refractivity contribution is 0.590. The molecule has 520 valence electrons.